The van der Waals surface area contributed by atoms with Crippen LogP contribution in [-0.2, 0) is 19.5 Å². The molecule has 2 nitrogen and oxygen atoms in total. The summed E-state index contributed by atoms with van der Waals surface area (Å²) in [6.45, 7) is 5.32. The van der Waals surface area contributed by atoms with Gasteiger partial charge in [0.25, 0.3) is 0 Å². The minimum Gasteiger partial charge on any atom is -0.496 e. The van der Waals surface area contributed by atoms with Crippen molar-refractivity contribution in [3.63, 3.8) is 0 Å². The number of nitrogens with zero attached hydrogens (tertiary/aromatic N) is 1. The van der Waals surface area contributed by atoms with Crippen molar-refractivity contribution in [2.45, 2.75) is 26.4 Å². The topological polar surface area (TPSA) is 12.5 Å². The molecule has 0 bridgehead atoms. The summed E-state index contributed by atoms with van der Waals surface area (Å²) in [5.41, 5.74) is 5.56. The third-order valence-electron chi connectivity index (χ3n) is 4.08. The van der Waals surface area contributed by atoms with Crippen LogP contribution in [0.3, 0.4) is 0 Å². The van der Waals surface area contributed by atoms with Gasteiger partial charge >= 0.3 is 0 Å². The van der Waals surface area contributed by atoms with Crippen molar-refractivity contribution in [3.05, 3.63) is 64.7 Å². The third kappa shape index (κ3) is 2.70. The Kier molecular flexibility index (Phi) is 3.75. The molecule has 3 rings (SSSR count). The van der Waals surface area contributed by atoms with Crippen molar-refractivity contribution in [2.75, 3.05) is 13.7 Å². The van der Waals surface area contributed by atoms with Crippen LogP contribution in [0, 0.1) is 6.92 Å². The highest BCUT2D eigenvalue weighted by Gasteiger charge is 2.15. The molecule has 104 valence electrons. The normalized spacial score (nSPS) is 14.9. The van der Waals surface area contributed by atoms with Crippen molar-refractivity contribution in [1.29, 1.82) is 0 Å². The average molecular weight is 267 g/mol. The molecule has 0 atom stereocenters. The molecule has 1 heterocycles. The van der Waals surface area contributed by atoms with E-state index in [4.69, 9.17) is 4.74 Å². The molecule has 0 fully saturated rings. The predicted molar refractivity (Wildman–Crippen MR) is 82.0 cm³/mol. The maximum absolute atomic E-state index is 5.32. The highest BCUT2D eigenvalue weighted by molar-refractivity contribution is 5.36. The first-order valence-electron chi connectivity index (χ1n) is 7.19. The van der Waals surface area contributed by atoms with Crippen LogP contribution in [0.15, 0.2) is 42.5 Å². The molecule has 0 radical (unpaired) electrons. The van der Waals surface area contributed by atoms with Gasteiger partial charge in [0, 0.05) is 19.6 Å². The number of aryl methyl sites for hydroxylation is 1. The maximum Gasteiger partial charge on any atom is 0.121 e. The highest BCUT2D eigenvalue weighted by Crippen LogP contribution is 2.23. The van der Waals surface area contributed by atoms with Crippen molar-refractivity contribution in [3.8, 4) is 5.75 Å². The number of methoxy groups -OCH3 is 1. The Balaban J connectivity index is 1.72. The van der Waals surface area contributed by atoms with Crippen molar-refractivity contribution in [2.24, 2.45) is 0 Å². The monoisotopic (exact) mass is 267 g/mol. The molecule has 0 unspecified atom stereocenters. The summed E-state index contributed by atoms with van der Waals surface area (Å²) in [5.74, 6) is 0.970. The number of benzene rings is 2. The summed E-state index contributed by atoms with van der Waals surface area (Å²) in [6.07, 6.45) is 1.16. The quantitative estimate of drug-likeness (QED) is 0.843. The zero-order valence-electron chi connectivity index (χ0n) is 12.2. The Morgan fingerprint density at radius 3 is 2.65 bits per heavy atom. The summed E-state index contributed by atoms with van der Waals surface area (Å²) in [4.78, 5) is 2.52. The van der Waals surface area contributed by atoms with E-state index in [1.165, 1.54) is 22.3 Å². The van der Waals surface area contributed by atoms with Crippen molar-refractivity contribution < 1.29 is 4.74 Å². The first-order chi connectivity index (χ1) is 9.76. The Morgan fingerprint density at radius 1 is 1.10 bits per heavy atom. The van der Waals surface area contributed by atoms with Gasteiger partial charge in [0.05, 0.1) is 7.11 Å². The lowest BCUT2D eigenvalue weighted by atomic mass is 9.99. The molecule has 0 spiro atoms. The molecule has 1 aliphatic rings. The second kappa shape index (κ2) is 5.68. The first-order valence-corrected chi connectivity index (χ1v) is 7.19. The highest BCUT2D eigenvalue weighted by atomic mass is 16.5. The third-order valence-corrected chi connectivity index (χ3v) is 4.08. The molecule has 0 amide bonds. The van der Waals surface area contributed by atoms with Crippen LogP contribution in [-0.4, -0.2) is 18.6 Å². The van der Waals surface area contributed by atoms with Gasteiger partial charge in [-0.3, -0.25) is 4.90 Å². The van der Waals surface area contributed by atoms with E-state index in [2.05, 4.69) is 54.3 Å². The summed E-state index contributed by atoms with van der Waals surface area (Å²) in [7, 11) is 1.73. The van der Waals surface area contributed by atoms with E-state index in [1.807, 2.05) is 0 Å². The zero-order chi connectivity index (χ0) is 13.9. The molecule has 1 aliphatic heterocycles. The van der Waals surface area contributed by atoms with Gasteiger partial charge in [-0.15, -0.1) is 0 Å². The van der Waals surface area contributed by atoms with Crippen LogP contribution in [0.5, 0.6) is 5.75 Å². The Hall–Kier alpha value is -1.80. The van der Waals surface area contributed by atoms with E-state index in [9.17, 15) is 0 Å². The van der Waals surface area contributed by atoms with Crippen LogP contribution in [0.2, 0.25) is 0 Å². The molecule has 0 N–H and O–H groups in total. The Bertz CT molecular complexity index is 606. The molecule has 2 aromatic carbocycles. The molecule has 0 saturated carbocycles. The lowest BCUT2D eigenvalue weighted by molar-refractivity contribution is 0.245. The van der Waals surface area contributed by atoms with Gasteiger partial charge in [0.2, 0.25) is 0 Å². The van der Waals surface area contributed by atoms with E-state index < -0.39 is 0 Å². The van der Waals surface area contributed by atoms with Crippen LogP contribution in [0.1, 0.15) is 22.3 Å². The number of ether oxygens (including phenoxy) is 1. The number of fused-ring (bicyclic) bond motifs is 1. The van der Waals surface area contributed by atoms with Gasteiger partial charge in [-0.2, -0.15) is 0 Å². The molecule has 2 heteroatoms. The van der Waals surface area contributed by atoms with Crippen LogP contribution >= 0.6 is 0 Å². The first kappa shape index (κ1) is 13.2. The van der Waals surface area contributed by atoms with Gasteiger partial charge < -0.3 is 4.74 Å². The summed E-state index contributed by atoms with van der Waals surface area (Å²) < 4.78 is 5.32. The van der Waals surface area contributed by atoms with E-state index in [0.717, 1.165) is 31.8 Å². The van der Waals surface area contributed by atoms with E-state index in [-0.39, 0.29) is 0 Å². The SMILES string of the molecule is COc1ccc(CN2CCc3ccccc3C2)cc1C. The molecule has 0 aromatic heterocycles. The minimum absolute atomic E-state index is 0.970. The number of rotatable bonds is 3. The van der Waals surface area contributed by atoms with E-state index in [0.29, 0.717) is 0 Å². The molecule has 2 aromatic rings. The van der Waals surface area contributed by atoms with Gasteiger partial charge in [-0.25, -0.2) is 0 Å². The Morgan fingerprint density at radius 2 is 1.90 bits per heavy atom. The van der Waals surface area contributed by atoms with E-state index in [1.54, 1.807) is 7.11 Å². The molecule has 20 heavy (non-hydrogen) atoms. The number of hydrogen-bond donors (Lipinski definition) is 0. The lowest BCUT2D eigenvalue weighted by Gasteiger charge is -2.28. The van der Waals surface area contributed by atoms with Gasteiger partial charge in [-0.05, 0) is 41.7 Å². The fourth-order valence-electron chi connectivity index (χ4n) is 2.99. The summed E-state index contributed by atoms with van der Waals surface area (Å²) >= 11 is 0. The fourth-order valence-corrected chi connectivity index (χ4v) is 2.99. The summed E-state index contributed by atoms with van der Waals surface area (Å²) in [6, 6.07) is 15.3. The Labute approximate surface area is 121 Å². The standard InChI is InChI=1S/C18H21NO/c1-14-11-15(7-8-18(14)20-2)12-19-10-9-16-5-3-4-6-17(16)13-19/h3-8,11H,9-10,12-13H2,1-2H3. The smallest absolute Gasteiger partial charge is 0.121 e. The van der Waals surface area contributed by atoms with Gasteiger partial charge in [-0.1, -0.05) is 36.4 Å². The average Bonchev–Trinajstić information content (AvgIpc) is 2.47. The van der Waals surface area contributed by atoms with Crippen LogP contribution in [0.25, 0.3) is 0 Å². The van der Waals surface area contributed by atoms with Crippen molar-refractivity contribution >= 4 is 0 Å². The lowest BCUT2D eigenvalue weighted by Crippen LogP contribution is -2.29. The molecular formula is C18H21NO. The second-order valence-corrected chi connectivity index (χ2v) is 5.53. The molecular weight excluding hydrogens is 246 g/mol. The van der Waals surface area contributed by atoms with Crippen LogP contribution < -0.4 is 4.74 Å². The predicted octanol–water partition coefficient (Wildman–Crippen LogP) is 3.56. The van der Waals surface area contributed by atoms with Crippen LogP contribution in [0.4, 0.5) is 0 Å². The van der Waals surface area contributed by atoms with Gasteiger partial charge in [0.15, 0.2) is 0 Å². The summed E-state index contributed by atoms with van der Waals surface area (Å²) in [5, 5.41) is 0. The van der Waals surface area contributed by atoms with Crippen molar-refractivity contribution in [1.82, 2.24) is 4.90 Å². The maximum atomic E-state index is 5.32. The fraction of sp³-hybridized carbons (Fsp3) is 0.333. The second-order valence-electron chi connectivity index (χ2n) is 5.53. The molecule has 0 aliphatic carbocycles. The minimum atomic E-state index is 0.970. The number of hydrogen-bond acceptors (Lipinski definition) is 2. The van der Waals surface area contributed by atoms with Gasteiger partial charge in [0.1, 0.15) is 5.75 Å². The largest absolute Gasteiger partial charge is 0.496 e. The zero-order valence-corrected chi connectivity index (χ0v) is 12.2. The van der Waals surface area contributed by atoms with E-state index >= 15 is 0 Å². The molecule has 0 saturated heterocycles.